The van der Waals surface area contributed by atoms with Crippen LogP contribution in [0.15, 0.2) is 16.9 Å². The van der Waals surface area contributed by atoms with Crippen molar-refractivity contribution in [3.05, 3.63) is 38.1 Å². The third kappa shape index (κ3) is 2.91. The van der Waals surface area contributed by atoms with Gasteiger partial charge in [-0.25, -0.2) is 4.79 Å². The number of carbonyl (C=O) groups excluding carboxylic acids is 1. The number of nitrogens with one attached hydrogen (secondary N) is 1. The van der Waals surface area contributed by atoms with Crippen molar-refractivity contribution in [1.82, 2.24) is 9.88 Å². The van der Waals surface area contributed by atoms with Crippen LogP contribution >= 0.6 is 23.2 Å². The van der Waals surface area contributed by atoms with E-state index in [1.54, 1.807) is 19.1 Å². The molecule has 0 bridgehead atoms. The number of nitrogens with zero attached hydrogens (tertiary/aromatic N) is 1. The smallest absolute Gasteiger partial charge is 0.409 e. The van der Waals surface area contributed by atoms with Gasteiger partial charge in [0.15, 0.2) is 5.75 Å². The summed E-state index contributed by atoms with van der Waals surface area (Å²) >= 11 is 12.3. The highest BCUT2D eigenvalue weighted by molar-refractivity contribution is 6.40. The number of aromatic nitrogens is 1. The predicted molar refractivity (Wildman–Crippen MR) is 88.3 cm³/mol. The molecule has 0 saturated heterocycles. The molecule has 0 fully saturated rings. The van der Waals surface area contributed by atoms with Crippen molar-refractivity contribution >= 4 is 40.2 Å². The summed E-state index contributed by atoms with van der Waals surface area (Å²) in [5.41, 5.74) is 0.253. The van der Waals surface area contributed by atoms with Crippen molar-refractivity contribution in [2.45, 2.75) is 20.8 Å². The molecule has 118 valence electrons. The van der Waals surface area contributed by atoms with E-state index in [-0.39, 0.29) is 16.9 Å². The normalized spacial score (nSPS) is 10.8. The molecule has 5 nitrogen and oxygen atoms in total. The Morgan fingerprint density at radius 2 is 1.82 bits per heavy atom. The lowest BCUT2D eigenvalue weighted by molar-refractivity contribution is 0.157. The van der Waals surface area contributed by atoms with E-state index in [1.807, 2.05) is 13.8 Å². The largest absolute Gasteiger partial charge is 0.415 e. The zero-order chi connectivity index (χ0) is 16.4. The molecule has 0 spiro atoms. The van der Waals surface area contributed by atoms with Crippen molar-refractivity contribution in [2.75, 3.05) is 13.1 Å². The fourth-order valence-corrected chi connectivity index (χ4v) is 2.60. The quantitative estimate of drug-likeness (QED) is 0.917. The first-order valence-corrected chi connectivity index (χ1v) is 7.63. The van der Waals surface area contributed by atoms with E-state index in [1.165, 1.54) is 4.90 Å². The first-order valence-electron chi connectivity index (χ1n) is 6.88. The monoisotopic (exact) mass is 342 g/mol. The molecule has 0 aliphatic heterocycles. The molecular weight excluding hydrogens is 327 g/mol. The number of amides is 1. The van der Waals surface area contributed by atoms with Crippen molar-refractivity contribution in [2.24, 2.45) is 0 Å². The van der Waals surface area contributed by atoms with Gasteiger partial charge in [-0.2, -0.15) is 0 Å². The molecule has 1 aromatic heterocycles. The van der Waals surface area contributed by atoms with Gasteiger partial charge < -0.3 is 14.6 Å². The number of pyridine rings is 1. The number of hydrogen-bond acceptors (Lipinski definition) is 3. The molecule has 2 aromatic rings. The number of carbonyl (C=O) groups is 1. The van der Waals surface area contributed by atoms with Gasteiger partial charge in [0.05, 0.1) is 26.5 Å². The van der Waals surface area contributed by atoms with E-state index in [9.17, 15) is 9.59 Å². The Labute approximate surface area is 137 Å². The van der Waals surface area contributed by atoms with Crippen LogP contribution in [-0.4, -0.2) is 29.1 Å². The highest BCUT2D eigenvalue weighted by Gasteiger charge is 2.20. The fraction of sp³-hybridized carbons (Fsp3) is 0.333. The number of hydrogen-bond donors (Lipinski definition) is 1. The molecule has 1 N–H and O–H groups in total. The number of fused-ring (bicyclic) bond motifs is 1. The molecule has 0 saturated carbocycles. The van der Waals surface area contributed by atoms with E-state index in [4.69, 9.17) is 27.9 Å². The maximum atomic E-state index is 12.2. The van der Waals surface area contributed by atoms with Crippen molar-refractivity contribution < 1.29 is 9.53 Å². The average Bonchev–Trinajstić information content (AvgIpc) is 2.49. The van der Waals surface area contributed by atoms with Crippen molar-refractivity contribution in [3.8, 4) is 5.75 Å². The van der Waals surface area contributed by atoms with Crippen LogP contribution in [0.1, 0.15) is 19.4 Å². The van der Waals surface area contributed by atoms with Gasteiger partial charge in [-0.1, -0.05) is 23.2 Å². The van der Waals surface area contributed by atoms with Gasteiger partial charge in [0, 0.05) is 13.1 Å². The number of aromatic amines is 1. The maximum absolute atomic E-state index is 12.2. The predicted octanol–water partition coefficient (Wildman–Crippen LogP) is 3.98. The lowest BCUT2D eigenvalue weighted by Gasteiger charge is -2.19. The van der Waals surface area contributed by atoms with Gasteiger partial charge in [-0.15, -0.1) is 0 Å². The topological polar surface area (TPSA) is 62.4 Å². The minimum atomic E-state index is -0.531. The maximum Gasteiger partial charge on any atom is 0.415 e. The van der Waals surface area contributed by atoms with E-state index >= 15 is 0 Å². The minimum absolute atomic E-state index is 0.142. The number of benzene rings is 1. The van der Waals surface area contributed by atoms with Crippen LogP contribution in [0.3, 0.4) is 0 Å². The highest BCUT2D eigenvalue weighted by atomic mass is 35.5. The van der Waals surface area contributed by atoms with Gasteiger partial charge in [0.25, 0.3) is 5.56 Å². The minimum Gasteiger partial charge on any atom is -0.409 e. The second-order valence-electron chi connectivity index (χ2n) is 4.73. The van der Waals surface area contributed by atoms with Crippen LogP contribution in [0.2, 0.25) is 10.0 Å². The molecule has 7 heteroatoms. The Hall–Kier alpha value is -1.72. The van der Waals surface area contributed by atoms with Crippen LogP contribution in [0.4, 0.5) is 4.79 Å². The number of rotatable bonds is 3. The van der Waals surface area contributed by atoms with Gasteiger partial charge in [-0.05, 0) is 32.9 Å². The summed E-state index contributed by atoms with van der Waals surface area (Å²) in [6.45, 7) is 6.27. The standard InChI is InChI=1S/C15H16Cl2N2O3/c1-4-19(5-2)15(21)22-13-8(3)14(20)18-12-10(17)7-6-9(16)11(12)13/h6-7H,4-5H2,1-3H3,(H,18,20). The summed E-state index contributed by atoms with van der Waals surface area (Å²) in [7, 11) is 0. The molecule has 2 rings (SSSR count). The summed E-state index contributed by atoms with van der Waals surface area (Å²) in [5.74, 6) is 0.142. The Balaban J connectivity index is 2.67. The molecule has 1 aromatic carbocycles. The van der Waals surface area contributed by atoms with E-state index in [0.717, 1.165) is 0 Å². The molecule has 0 aliphatic carbocycles. The van der Waals surface area contributed by atoms with Gasteiger partial charge in [0.1, 0.15) is 0 Å². The summed E-state index contributed by atoms with van der Waals surface area (Å²) in [4.78, 5) is 28.4. The first kappa shape index (κ1) is 16.6. The van der Waals surface area contributed by atoms with Crippen molar-refractivity contribution in [1.29, 1.82) is 0 Å². The van der Waals surface area contributed by atoms with Crippen LogP contribution in [0, 0.1) is 6.92 Å². The average molecular weight is 343 g/mol. The molecular formula is C15H16Cl2N2O3. The summed E-state index contributed by atoms with van der Waals surface area (Å²) in [6.07, 6.45) is -0.531. The Morgan fingerprint density at radius 3 is 2.41 bits per heavy atom. The molecule has 0 atom stereocenters. The third-order valence-electron chi connectivity index (χ3n) is 3.46. The molecule has 1 amide bonds. The number of H-pyrrole nitrogens is 1. The highest BCUT2D eigenvalue weighted by Crippen LogP contribution is 2.36. The summed E-state index contributed by atoms with van der Waals surface area (Å²) in [5, 5.41) is 1.10. The second-order valence-corrected chi connectivity index (χ2v) is 5.54. The van der Waals surface area contributed by atoms with Gasteiger partial charge in [0.2, 0.25) is 0 Å². The van der Waals surface area contributed by atoms with Crippen LogP contribution in [0.5, 0.6) is 5.75 Å². The molecule has 0 radical (unpaired) electrons. The Morgan fingerprint density at radius 1 is 1.23 bits per heavy atom. The van der Waals surface area contributed by atoms with Crippen molar-refractivity contribution in [3.63, 3.8) is 0 Å². The molecule has 22 heavy (non-hydrogen) atoms. The lowest BCUT2D eigenvalue weighted by Crippen LogP contribution is -2.33. The number of ether oxygens (including phenoxy) is 1. The molecule has 0 aliphatic rings. The van der Waals surface area contributed by atoms with Crippen LogP contribution in [0.25, 0.3) is 10.9 Å². The van der Waals surface area contributed by atoms with E-state index in [0.29, 0.717) is 34.0 Å². The van der Waals surface area contributed by atoms with Crippen LogP contribution < -0.4 is 10.3 Å². The zero-order valence-electron chi connectivity index (χ0n) is 12.5. The lowest BCUT2D eigenvalue weighted by atomic mass is 10.1. The fourth-order valence-electron chi connectivity index (χ4n) is 2.16. The first-order chi connectivity index (χ1) is 10.4. The van der Waals surface area contributed by atoms with E-state index < -0.39 is 6.09 Å². The molecule has 0 unspecified atom stereocenters. The van der Waals surface area contributed by atoms with Crippen LogP contribution in [-0.2, 0) is 0 Å². The summed E-state index contributed by atoms with van der Waals surface area (Å²) in [6, 6.07) is 3.17. The van der Waals surface area contributed by atoms with Gasteiger partial charge in [-0.3, -0.25) is 4.79 Å². The Kier molecular flexibility index (Phi) is 4.98. The third-order valence-corrected chi connectivity index (χ3v) is 4.09. The van der Waals surface area contributed by atoms with E-state index in [2.05, 4.69) is 4.98 Å². The number of halogens is 2. The second kappa shape index (κ2) is 6.58. The SMILES string of the molecule is CCN(CC)C(=O)Oc1c(C)c(=O)[nH]c2c(Cl)ccc(Cl)c12. The molecule has 1 heterocycles. The van der Waals surface area contributed by atoms with Gasteiger partial charge >= 0.3 is 6.09 Å². The Bertz CT molecular complexity index is 782. The summed E-state index contributed by atoms with van der Waals surface area (Å²) < 4.78 is 5.44. The zero-order valence-corrected chi connectivity index (χ0v) is 14.0.